The molecule has 1 aliphatic carbocycles. The van der Waals surface area contributed by atoms with Crippen molar-refractivity contribution in [3.8, 4) is 0 Å². The van der Waals surface area contributed by atoms with Crippen LogP contribution in [0.25, 0.3) is 0 Å². The van der Waals surface area contributed by atoms with Gasteiger partial charge in [0.25, 0.3) is 0 Å². The van der Waals surface area contributed by atoms with Crippen LogP contribution in [-0.4, -0.2) is 72.8 Å². The van der Waals surface area contributed by atoms with Crippen LogP contribution in [0.15, 0.2) is 12.2 Å². The van der Waals surface area contributed by atoms with Gasteiger partial charge < -0.3 is 14.2 Å². The highest BCUT2D eigenvalue weighted by atomic mass is 16.6. The average molecular weight is 352 g/mol. The molecule has 25 heavy (non-hydrogen) atoms. The lowest BCUT2D eigenvalue weighted by molar-refractivity contribution is -0.147. The van der Waals surface area contributed by atoms with Crippen LogP contribution < -0.4 is 0 Å². The van der Waals surface area contributed by atoms with Crippen molar-refractivity contribution in [1.29, 1.82) is 0 Å². The molecule has 0 unspecified atom stereocenters. The standard InChI is InChI=1S/C16H20N2O7/c1-9(19)25-8-13-10-3-4-12(18(13)16(22)23-2)11(7-10)14(20)17-5-6-24-15(17)21/h3-4,10-13H,5-8H2,1-2H3/t10-,11+,12+,13-/m1/s1. The highest BCUT2D eigenvalue weighted by Gasteiger charge is 2.51. The number of methoxy groups -OCH3 is 1. The van der Waals surface area contributed by atoms with Gasteiger partial charge in [-0.1, -0.05) is 12.2 Å². The minimum Gasteiger partial charge on any atom is -0.464 e. The molecule has 0 radical (unpaired) electrons. The summed E-state index contributed by atoms with van der Waals surface area (Å²) in [4.78, 5) is 50.4. The van der Waals surface area contributed by atoms with Gasteiger partial charge in [-0.05, 0) is 6.42 Å². The SMILES string of the molecule is COC(=O)N1[C@H](COC(C)=O)[C@@H]2C=C[C@H]1[C@@H](C(=O)N1CCOC1=O)C2. The molecule has 2 fully saturated rings. The molecule has 9 heteroatoms. The van der Waals surface area contributed by atoms with E-state index in [4.69, 9.17) is 14.2 Å². The molecule has 0 aromatic heterocycles. The Hall–Kier alpha value is -2.58. The Morgan fingerprint density at radius 3 is 2.68 bits per heavy atom. The number of amides is 3. The number of nitrogens with zero attached hydrogens (tertiary/aromatic N) is 2. The molecule has 0 saturated carbocycles. The average Bonchev–Trinajstić information content (AvgIpc) is 3.04. The molecule has 3 heterocycles. The number of esters is 1. The maximum absolute atomic E-state index is 12.8. The molecule has 0 spiro atoms. The number of hydrogen-bond donors (Lipinski definition) is 0. The van der Waals surface area contributed by atoms with Gasteiger partial charge in [-0.25, -0.2) is 14.5 Å². The van der Waals surface area contributed by atoms with E-state index >= 15 is 0 Å². The number of fused-ring (bicyclic) bond motifs is 2. The number of carbonyl (C=O) groups is 4. The number of cyclic esters (lactones) is 1. The Bertz CT molecular complexity index is 632. The monoisotopic (exact) mass is 352 g/mol. The first-order chi connectivity index (χ1) is 11.9. The van der Waals surface area contributed by atoms with Gasteiger partial charge in [0, 0.05) is 12.8 Å². The molecular weight excluding hydrogens is 332 g/mol. The number of rotatable bonds is 3. The fourth-order valence-electron chi connectivity index (χ4n) is 3.71. The molecule has 4 aliphatic rings. The molecule has 136 valence electrons. The van der Waals surface area contributed by atoms with Crippen molar-refractivity contribution in [1.82, 2.24) is 9.80 Å². The van der Waals surface area contributed by atoms with Gasteiger partial charge in [0.05, 0.1) is 31.7 Å². The second-order valence-corrected chi connectivity index (χ2v) is 6.23. The van der Waals surface area contributed by atoms with Gasteiger partial charge in [-0.2, -0.15) is 0 Å². The minimum atomic E-state index is -0.656. The first-order valence-electron chi connectivity index (χ1n) is 8.10. The van der Waals surface area contributed by atoms with Gasteiger partial charge in [0.1, 0.15) is 13.2 Å². The third kappa shape index (κ3) is 3.06. The number of ether oxygens (including phenoxy) is 3. The molecule has 0 N–H and O–H groups in total. The summed E-state index contributed by atoms with van der Waals surface area (Å²) in [6.45, 7) is 1.72. The van der Waals surface area contributed by atoms with Crippen LogP contribution in [0.2, 0.25) is 0 Å². The van der Waals surface area contributed by atoms with Crippen molar-refractivity contribution < 1.29 is 33.4 Å². The van der Waals surface area contributed by atoms with Gasteiger partial charge in [-0.3, -0.25) is 14.5 Å². The second kappa shape index (κ2) is 6.73. The molecule has 3 amide bonds. The Kier molecular flexibility index (Phi) is 4.65. The lowest BCUT2D eigenvalue weighted by atomic mass is 9.73. The summed E-state index contributed by atoms with van der Waals surface area (Å²) >= 11 is 0. The normalized spacial score (nSPS) is 30.2. The van der Waals surface area contributed by atoms with E-state index in [1.807, 2.05) is 6.08 Å². The number of hydrogen-bond acceptors (Lipinski definition) is 7. The molecule has 0 aromatic rings. The predicted molar refractivity (Wildman–Crippen MR) is 82.3 cm³/mol. The minimum absolute atomic E-state index is 0.0304. The van der Waals surface area contributed by atoms with Crippen LogP contribution in [0.3, 0.4) is 0 Å². The summed E-state index contributed by atoms with van der Waals surface area (Å²) in [5.41, 5.74) is 0. The molecular formula is C16H20N2O7. The van der Waals surface area contributed by atoms with E-state index < -0.39 is 36.2 Å². The maximum atomic E-state index is 12.8. The topological polar surface area (TPSA) is 102 Å². The van der Waals surface area contributed by atoms with Crippen molar-refractivity contribution >= 4 is 24.1 Å². The van der Waals surface area contributed by atoms with E-state index in [2.05, 4.69) is 0 Å². The quantitative estimate of drug-likeness (QED) is 0.415. The summed E-state index contributed by atoms with van der Waals surface area (Å²) in [6, 6.07) is -0.958. The summed E-state index contributed by atoms with van der Waals surface area (Å²) in [7, 11) is 1.26. The molecule has 4 rings (SSSR count). The summed E-state index contributed by atoms with van der Waals surface area (Å²) < 4.78 is 14.8. The number of carbonyl (C=O) groups excluding carboxylic acids is 4. The van der Waals surface area contributed by atoms with Crippen molar-refractivity contribution in [2.75, 3.05) is 26.9 Å². The van der Waals surface area contributed by atoms with Gasteiger partial charge >= 0.3 is 18.2 Å². The van der Waals surface area contributed by atoms with E-state index in [0.29, 0.717) is 6.42 Å². The van der Waals surface area contributed by atoms with Crippen LogP contribution >= 0.6 is 0 Å². The van der Waals surface area contributed by atoms with Crippen molar-refractivity contribution in [3.05, 3.63) is 12.2 Å². The molecule has 4 atom stereocenters. The summed E-state index contributed by atoms with van der Waals surface area (Å²) in [5, 5.41) is 0. The Labute approximate surface area is 144 Å². The Balaban J connectivity index is 1.83. The zero-order chi connectivity index (χ0) is 18.1. The third-order valence-electron chi connectivity index (χ3n) is 4.85. The van der Waals surface area contributed by atoms with Crippen molar-refractivity contribution in [3.63, 3.8) is 0 Å². The first kappa shape index (κ1) is 17.2. The predicted octanol–water partition coefficient (Wildman–Crippen LogP) is 0.540. The fraction of sp³-hybridized carbons (Fsp3) is 0.625. The van der Waals surface area contributed by atoms with Crippen LogP contribution in [0.1, 0.15) is 13.3 Å². The van der Waals surface area contributed by atoms with E-state index in [0.717, 1.165) is 4.90 Å². The van der Waals surface area contributed by atoms with Crippen LogP contribution in [-0.2, 0) is 23.8 Å². The van der Waals surface area contributed by atoms with Gasteiger partial charge in [0.2, 0.25) is 5.91 Å². The zero-order valence-electron chi connectivity index (χ0n) is 14.0. The van der Waals surface area contributed by atoms with Crippen molar-refractivity contribution in [2.24, 2.45) is 11.8 Å². The zero-order valence-corrected chi connectivity index (χ0v) is 14.0. The van der Waals surface area contributed by atoms with E-state index in [9.17, 15) is 19.2 Å². The molecule has 9 nitrogen and oxygen atoms in total. The fourth-order valence-corrected chi connectivity index (χ4v) is 3.71. The van der Waals surface area contributed by atoms with Crippen LogP contribution in [0.5, 0.6) is 0 Å². The smallest absolute Gasteiger partial charge is 0.416 e. The summed E-state index contributed by atoms with van der Waals surface area (Å²) in [5.74, 6) is -1.53. The molecule has 2 bridgehead atoms. The van der Waals surface area contributed by atoms with Crippen molar-refractivity contribution in [2.45, 2.75) is 25.4 Å². The molecule has 0 aromatic carbocycles. The van der Waals surface area contributed by atoms with E-state index in [-0.39, 0.29) is 31.6 Å². The maximum Gasteiger partial charge on any atom is 0.416 e. The largest absolute Gasteiger partial charge is 0.464 e. The van der Waals surface area contributed by atoms with E-state index in [1.165, 1.54) is 18.9 Å². The molecule has 2 saturated heterocycles. The van der Waals surface area contributed by atoms with Gasteiger partial charge in [-0.15, -0.1) is 0 Å². The molecule has 3 aliphatic heterocycles. The highest BCUT2D eigenvalue weighted by Crippen LogP contribution is 2.40. The summed E-state index contributed by atoms with van der Waals surface area (Å²) in [6.07, 6.45) is 2.90. The van der Waals surface area contributed by atoms with Crippen LogP contribution in [0.4, 0.5) is 9.59 Å². The van der Waals surface area contributed by atoms with E-state index in [1.54, 1.807) is 6.08 Å². The lowest BCUT2D eigenvalue weighted by Crippen LogP contribution is -2.63. The number of imide groups is 1. The first-order valence-corrected chi connectivity index (χ1v) is 8.10. The third-order valence-corrected chi connectivity index (χ3v) is 4.85. The number of piperidine rings is 1. The Morgan fingerprint density at radius 1 is 1.32 bits per heavy atom. The highest BCUT2D eigenvalue weighted by molar-refractivity contribution is 5.95. The lowest BCUT2D eigenvalue weighted by Gasteiger charge is -2.50. The van der Waals surface area contributed by atoms with Gasteiger partial charge in [0.15, 0.2) is 0 Å². The Morgan fingerprint density at radius 2 is 2.08 bits per heavy atom. The van der Waals surface area contributed by atoms with Crippen LogP contribution in [0, 0.1) is 11.8 Å². The second-order valence-electron chi connectivity index (χ2n) is 6.23.